The van der Waals surface area contributed by atoms with E-state index in [1.54, 1.807) is 0 Å². The van der Waals surface area contributed by atoms with Gasteiger partial charge in [0.15, 0.2) is 0 Å². The molecule has 0 spiro atoms. The van der Waals surface area contributed by atoms with E-state index in [-0.39, 0.29) is 6.10 Å². The van der Waals surface area contributed by atoms with E-state index in [0.717, 1.165) is 19.6 Å². The summed E-state index contributed by atoms with van der Waals surface area (Å²) >= 11 is 0. The fraction of sp³-hybridized carbons (Fsp3) is 0.400. The van der Waals surface area contributed by atoms with Crippen molar-refractivity contribution in [3.05, 3.63) is 71.8 Å². The molecule has 23 heavy (non-hydrogen) atoms. The summed E-state index contributed by atoms with van der Waals surface area (Å²) in [6.07, 6.45) is 2.44. The van der Waals surface area contributed by atoms with Gasteiger partial charge in [-0.1, -0.05) is 60.7 Å². The number of nitrogens with zero attached hydrogens (tertiary/aromatic N) is 2. The first-order valence-corrected chi connectivity index (χ1v) is 8.57. The molecular formula is C20H23N2O. The second-order valence-corrected chi connectivity index (χ2v) is 6.33. The van der Waals surface area contributed by atoms with Crippen molar-refractivity contribution in [2.24, 2.45) is 0 Å². The van der Waals surface area contributed by atoms with Gasteiger partial charge in [0.1, 0.15) is 11.8 Å². The average molecular weight is 307 g/mol. The quantitative estimate of drug-likeness (QED) is 0.869. The monoisotopic (exact) mass is 307 g/mol. The third kappa shape index (κ3) is 2.59. The Kier molecular flexibility index (Phi) is 4.17. The zero-order valence-electron chi connectivity index (χ0n) is 13.4. The molecule has 2 atom stereocenters. The van der Waals surface area contributed by atoms with Crippen molar-refractivity contribution in [3.8, 4) is 0 Å². The Labute approximate surface area is 138 Å². The van der Waals surface area contributed by atoms with Crippen LogP contribution in [0.3, 0.4) is 0 Å². The highest BCUT2D eigenvalue weighted by atomic mass is 16.5. The maximum absolute atomic E-state index is 6.31. The number of hydrogen-bond donors (Lipinski definition) is 0. The fourth-order valence-corrected chi connectivity index (χ4v) is 3.97. The molecule has 3 heteroatoms. The molecule has 0 saturated carbocycles. The highest BCUT2D eigenvalue weighted by molar-refractivity contribution is 5.32. The maximum atomic E-state index is 6.31. The number of ether oxygens (including phenoxy) is 1. The molecule has 0 N–H and O–H groups in total. The van der Waals surface area contributed by atoms with E-state index < -0.39 is 5.66 Å². The predicted octanol–water partition coefficient (Wildman–Crippen LogP) is 3.31. The van der Waals surface area contributed by atoms with Crippen molar-refractivity contribution in [2.75, 3.05) is 26.2 Å². The Morgan fingerprint density at radius 1 is 0.913 bits per heavy atom. The molecule has 2 aliphatic rings. The summed E-state index contributed by atoms with van der Waals surface area (Å²) in [6.45, 7) is 3.63. The zero-order valence-corrected chi connectivity index (χ0v) is 13.4. The van der Waals surface area contributed by atoms with Crippen molar-refractivity contribution in [1.82, 2.24) is 10.2 Å². The molecule has 2 fully saturated rings. The third-order valence-corrected chi connectivity index (χ3v) is 4.98. The molecule has 0 bridgehead atoms. The smallest absolute Gasteiger partial charge is 0.144 e. The Morgan fingerprint density at radius 3 is 2.26 bits per heavy atom. The average Bonchev–Trinajstić information content (AvgIpc) is 3.18. The van der Waals surface area contributed by atoms with E-state index in [2.05, 4.69) is 65.6 Å². The van der Waals surface area contributed by atoms with Gasteiger partial charge in [0.25, 0.3) is 0 Å². The lowest BCUT2D eigenvalue weighted by Gasteiger charge is -2.49. The van der Waals surface area contributed by atoms with Gasteiger partial charge in [-0.05, 0) is 24.0 Å². The minimum Gasteiger partial charge on any atom is -0.368 e. The van der Waals surface area contributed by atoms with Crippen LogP contribution in [0.2, 0.25) is 0 Å². The first-order chi connectivity index (χ1) is 11.4. The molecule has 4 rings (SSSR count). The molecule has 3 nitrogen and oxygen atoms in total. The number of hydrogen-bond acceptors (Lipinski definition) is 2. The van der Waals surface area contributed by atoms with E-state index in [9.17, 15) is 0 Å². The predicted molar refractivity (Wildman–Crippen MR) is 91.1 cm³/mol. The minimum absolute atomic E-state index is 0.0436. The summed E-state index contributed by atoms with van der Waals surface area (Å²) in [7, 11) is 0. The van der Waals surface area contributed by atoms with Crippen molar-refractivity contribution < 1.29 is 4.74 Å². The van der Waals surface area contributed by atoms with Crippen LogP contribution >= 0.6 is 0 Å². The summed E-state index contributed by atoms with van der Waals surface area (Å²) in [5, 5.41) is 5.17. The van der Waals surface area contributed by atoms with Crippen LogP contribution in [0.4, 0.5) is 0 Å². The number of morpholine rings is 1. The summed E-state index contributed by atoms with van der Waals surface area (Å²) in [4.78, 5) is 2.53. The molecule has 0 aromatic heterocycles. The standard InChI is InChI=1S/C20H23N2O/c1-3-9-17(10-4-1)19-20(21-13-16-23-19,22-14-7-8-15-22)18-11-5-2-6-12-18/h1-6,9-12,19H,7-8,13-16H2. The first-order valence-electron chi connectivity index (χ1n) is 8.57. The molecule has 2 aromatic rings. The molecule has 2 heterocycles. The zero-order chi connectivity index (χ0) is 15.5. The third-order valence-electron chi connectivity index (χ3n) is 4.98. The molecule has 2 unspecified atom stereocenters. The van der Waals surface area contributed by atoms with E-state index >= 15 is 0 Å². The lowest BCUT2D eigenvalue weighted by Crippen LogP contribution is -2.59. The SMILES string of the molecule is c1ccc(C2OCC[N]C2(c2ccccc2)N2CCCC2)cc1. The Hall–Kier alpha value is -1.68. The fourth-order valence-electron chi connectivity index (χ4n) is 3.97. The lowest BCUT2D eigenvalue weighted by atomic mass is 9.86. The number of likely N-dealkylation sites (tertiary alicyclic amines) is 1. The minimum atomic E-state index is -0.392. The molecular weight excluding hydrogens is 284 g/mol. The molecule has 0 aliphatic carbocycles. The van der Waals surface area contributed by atoms with Crippen LogP contribution in [0.15, 0.2) is 60.7 Å². The molecule has 119 valence electrons. The second-order valence-electron chi connectivity index (χ2n) is 6.33. The first kappa shape index (κ1) is 14.9. The van der Waals surface area contributed by atoms with Gasteiger partial charge < -0.3 is 4.74 Å². The van der Waals surface area contributed by atoms with Crippen LogP contribution in [-0.4, -0.2) is 31.1 Å². The molecule has 2 aromatic carbocycles. The Morgan fingerprint density at radius 2 is 1.57 bits per heavy atom. The van der Waals surface area contributed by atoms with Crippen LogP contribution in [0.25, 0.3) is 0 Å². The maximum Gasteiger partial charge on any atom is 0.144 e. The van der Waals surface area contributed by atoms with Gasteiger partial charge in [-0.3, -0.25) is 4.90 Å². The molecule has 1 radical (unpaired) electrons. The Balaban J connectivity index is 1.84. The summed E-state index contributed by atoms with van der Waals surface area (Å²) in [6, 6.07) is 21.3. The molecule has 0 amide bonds. The second kappa shape index (κ2) is 6.44. The topological polar surface area (TPSA) is 26.6 Å². The number of rotatable bonds is 3. The highest BCUT2D eigenvalue weighted by Crippen LogP contribution is 2.44. The van der Waals surface area contributed by atoms with Gasteiger partial charge in [0.2, 0.25) is 0 Å². The lowest BCUT2D eigenvalue weighted by molar-refractivity contribution is -0.128. The van der Waals surface area contributed by atoms with Crippen molar-refractivity contribution >= 4 is 0 Å². The van der Waals surface area contributed by atoms with Gasteiger partial charge in [0.05, 0.1) is 6.61 Å². The largest absolute Gasteiger partial charge is 0.368 e. The van der Waals surface area contributed by atoms with E-state index in [1.165, 1.54) is 24.0 Å². The Bertz CT molecular complexity index is 625. The van der Waals surface area contributed by atoms with E-state index in [4.69, 9.17) is 10.1 Å². The van der Waals surface area contributed by atoms with E-state index in [0.29, 0.717) is 6.61 Å². The van der Waals surface area contributed by atoms with Gasteiger partial charge in [0, 0.05) is 19.6 Å². The van der Waals surface area contributed by atoms with Crippen molar-refractivity contribution in [2.45, 2.75) is 24.6 Å². The summed E-state index contributed by atoms with van der Waals surface area (Å²) in [5.41, 5.74) is 2.07. The van der Waals surface area contributed by atoms with Gasteiger partial charge in [-0.15, -0.1) is 0 Å². The molecule has 2 aliphatic heterocycles. The van der Waals surface area contributed by atoms with E-state index in [1.807, 2.05) is 0 Å². The van der Waals surface area contributed by atoms with Gasteiger partial charge in [-0.25, -0.2) is 5.32 Å². The normalized spacial score (nSPS) is 28.8. The highest BCUT2D eigenvalue weighted by Gasteiger charge is 2.50. The summed E-state index contributed by atoms with van der Waals surface area (Å²) in [5.74, 6) is 0. The number of benzene rings is 2. The van der Waals surface area contributed by atoms with Crippen LogP contribution in [0, 0.1) is 0 Å². The summed E-state index contributed by atoms with van der Waals surface area (Å²) < 4.78 is 6.31. The van der Waals surface area contributed by atoms with Crippen molar-refractivity contribution in [1.29, 1.82) is 0 Å². The van der Waals surface area contributed by atoms with Crippen molar-refractivity contribution in [3.63, 3.8) is 0 Å². The van der Waals surface area contributed by atoms with Crippen LogP contribution in [0.5, 0.6) is 0 Å². The van der Waals surface area contributed by atoms with Crippen LogP contribution in [-0.2, 0) is 10.4 Å². The van der Waals surface area contributed by atoms with Gasteiger partial charge in [-0.2, -0.15) is 0 Å². The van der Waals surface area contributed by atoms with Crippen LogP contribution in [0.1, 0.15) is 30.1 Å². The van der Waals surface area contributed by atoms with Crippen LogP contribution < -0.4 is 5.32 Å². The van der Waals surface area contributed by atoms with Gasteiger partial charge >= 0.3 is 0 Å². The molecule has 2 saturated heterocycles.